The molecule has 3 aliphatic heterocycles. The number of ketones is 1. The number of rotatable bonds is 6. The Morgan fingerprint density at radius 2 is 1.83 bits per heavy atom. The van der Waals surface area contributed by atoms with Crippen LogP contribution in [0, 0.1) is 5.92 Å². The van der Waals surface area contributed by atoms with E-state index in [1.807, 2.05) is 42.5 Å². The van der Waals surface area contributed by atoms with Gasteiger partial charge < -0.3 is 9.22 Å². The van der Waals surface area contributed by atoms with Crippen LogP contribution in [-0.2, 0) is 16.0 Å². The minimum absolute atomic E-state index is 0.108. The summed E-state index contributed by atoms with van der Waals surface area (Å²) in [6, 6.07) is 17.2. The lowest BCUT2D eigenvalue weighted by molar-refractivity contribution is -0.960. The number of nitrogens with zero attached hydrogens (tertiary/aromatic N) is 1. The SMILES string of the molecule is CC1CC2CC[N+]1(CC(=O)c1ccccc1)CC2OC(=O)Cc1ccc(Cl)cc1. The maximum Gasteiger partial charge on any atom is 0.310 e. The van der Waals surface area contributed by atoms with Crippen LogP contribution in [0.2, 0.25) is 5.02 Å². The van der Waals surface area contributed by atoms with Gasteiger partial charge in [-0.25, -0.2) is 0 Å². The van der Waals surface area contributed by atoms with Gasteiger partial charge in [0.15, 0.2) is 6.10 Å². The zero-order valence-corrected chi connectivity index (χ0v) is 17.5. The molecule has 29 heavy (non-hydrogen) atoms. The summed E-state index contributed by atoms with van der Waals surface area (Å²) in [6.45, 7) is 4.42. The average Bonchev–Trinajstić information content (AvgIpc) is 2.71. The number of quaternary nitrogens is 1. The Morgan fingerprint density at radius 3 is 2.52 bits per heavy atom. The van der Waals surface area contributed by atoms with Crippen LogP contribution in [0.25, 0.3) is 0 Å². The zero-order chi connectivity index (χ0) is 20.4. The van der Waals surface area contributed by atoms with Gasteiger partial charge in [0.05, 0.1) is 19.0 Å². The molecule has 3 saturated heterocycles. The molecule has 3 aliphatic rings. The Balaban J connectivity index is 1.43. The molecule has 4 unspecified atom stereocenters. The summed E-state index contributed by atoms with van der Waals surface area (Å²) >= 11 is 5.92. The molecule has 3 fully saturated rings. The van der Waals surface area contributed by atoms with E-state index in [0.717, 1.165) is 41.5 Å². The second-order valence-corrected chi connectivity index (χ2v) is 8.97. The molecule has 4 nitrogen and oxygen atoms in total. The van der Waals surface area contributed by atoms with Crippen molar-refractivity contribution in [1.82, 2.24) is 0 Å². The Morgan fingerprint density at radius 1 is 1.10 bits per heavy atom. The topological polar surface area (TPSA) is 43.4 Å². The monoisotopic (exact) mass is 412 g/mol. The Bertz CT molecular complexity index is 883. The highest BCUT2D eigenvalue weighted by atomic mass is 35.5. The first kappa shape index (κ1) is 20.1. The van der Waals surface area contributed by atoms with E-state index in [-0.39, 0.29) is 24.3 Å². The van der Waals surface area contributed by atoms with Crippen molar-refractivity contribution in [2.75, 3.05) is 19.6 Å². The Hall–Kier alpha value is -2.17. The predicted octanol–water partition coefficient (Wildman–Crippen LogP) is 4.31. The van der Waals surface area contributed by atoms with Crippen molar-refractivity contribution in [3.63, 3.8) is 0 Å². The van der Waals surface area contributed by atoms with Gasteiger partial charge in [0.1, 0.15) is 13.1 Å². The Labute approximate surface area is 177 Å². The number of piperidine rings is 3. The van der Waals surface area contributed by atoms with E-state index < -0.39 is 0 Å². The van der Waals surface area contributed by atoms with E-state index in [4.69, 9.17) is 16.3 Å². The third-order valence-electron chi connectivity index (χ3n) is 6.69. The number of hydrogen-bond acceptors (Lipinski definition) is 3. The van der Waals surface area contributed by atoms with Crippen LogP contribution in [0.15, 0.2) is 54.6 Å². The minimum atomic E-state index is -0.203. The van der Waals surface area contributed by atoms with Crippen LogP contribution in [0.1, 0.15) is 35.7 Å². The van der Waals surface area contributed by atoms with E-state index in [1.54, 1.807) is 12.1 Å². The van der Waals surface area contributed by atoms with Gasteiger partial charge in [0.2, 0.25) is 5.78 Å². The molecule has 5 heteroatoms. The van der Waals surface area contributed by atoms with Gasteiger partial charge in [-0.3, -0.25) is 9.59 Å². The molecule has 3 heterocycles. The molecular weight excluding hydrogens is 386 g/mol. The number of carbonyl (C=O) groups excluding carboxylic acids is 2. The molecule has 0 aromatic heterocycles. The number of benzene rings is 2. The van der Waals surface area contributed by atoms with E-state index in [1.165, 1.54) is 0 Å². The molecule has 2 aromatic carbocycles. The molecular formula is C24H27ClNO3+. The molecule has 0 N–H and O–H groups in total. The van der Waals surface area contributed by atoms with Crippen LogP contribution in [0.4, 0.5) is 0 Å². The highest BCUT2D eigenvalue weighted by molar-refractivity contribution is 6.30. The summed E-state index contributed by atoms with van der Waals surface area (Å²) < 4.78 is 6.65. The number of ether oxygens (including phenoxy) is 1. The lowest BCUT2D eigenvalue weighted by Crippen LogP contribution is -2.69. The third-order valence-corrected chi connectivity index (χ3v) is 6.94. The first-order chi connectivity index (χ1) is 13.9. The molecule has 4 atom stereocenters. The fourth-order valence-corrected chi connectivity index (χ4v) is 5.08. The summed E-state index contributed by atoms with van der Waals surface area (Å²) in [4.78, 5) is 25.4. The molecule has 0 aliphatic carbocycles. The minimum Gasteiger partial charge on any atom is -0.456 e. The van der Waals surface area contributed by atoms with E-state index in [0.29, 0.717) is 23.5 Å². The molecule has 152 valence electrons. The van der Waals surface area contributed by atoms with Gasteiger partial charge in [-0.15, -0.1) is 0 Å². The molecule has 2 bridgehead atoms. The molecule has 2 aromatic rings. The number of fused-ring (bicyclic) bond motifs is 3. The molecule has 0 spiro atoms. The summed E-state index contributed by atoms with van der Waals surface area (Å²) in [5.74, 6) is 0.362. The summed E-state index contributed by atoms with van der Waals surface area (Å²) in [7, 11) is 0. The number of hydrogen-bond donors (Lipinski definition) is 0. The number of carbonyl (C=O) groups is 2. The average molecular weight is 413 g/mol. The fourth-order valence-electron chi connectivity index (χ4n) is 4.95. The van der Waals surface area contributed by atoms with Crippen LogP contribution in [-0.4, -0.2) is 48.0 Å². The maximum absolute atomic E-state index is 12.9. The largest absolute Gasteiger partial charge is 0.456 e. The van der Waals surface area contributed by atoms with Crippen molar-refractivity contribution < 1.29 is 18.8 Å². The van der Waals surface area contributed by atoms with Gasteiger partial charge >= 0.3 is 5.97 Å². The van der Waals surface area contributed by atoms with Crippen LogP contribution in [0.5, 0.6) is 0 Å². The van der Waals surface area contributed by atoms with Crippen molar-refractivity contribution in [2.24, 2.45) is 5.92 Å². The van der Waals surface area contributed by atoms with Crippen molar-refractivity contribution in [1.29, 1.82) is 0 Å². The van der Waals surface area contributed by atoms with Gasteiger partial charge in [0.25, 0.3) is 0 Å². The normalized spacial score (nSPS) is 28.1. The van der Waals surface area contributed by atoms with Crippen molar-refractivity contribution >= 4 is 23.4 Å². The van der Waals surface area contributed by atoms with Crippen LogP contribution < -0.4 is 0 Å². The van der Waals surface area contributed by atoms with Crippen LogP contribution in [0.3, 0.4) is 0 Å². The van der Waals surface area contributed by atoms with E-state index in [9.17, 15) is 9.59 Å². The van der Waals surface area contributed by atoms with Gasteiger partial charge in [-0.05, 0) is 24.6 Å². The number of Topliss-reactive ketones (excluding diaryl/α,β-unsaturated/α-hetero) is 1. The molecule has 0 radical (unpaired) electrons. The molecule has 0 saturated carbocycles. The standard InChI is InChI=1S/C24H27ClNO3/c1-17-13-20-11-12-26(17,15-22(27)19-5-3-2-4-6-19)16-23(20)29-24(28)14-18-7-9-21(25)10-8-18/h2-10,17,20,23H,11-16H2,1H3/q+1. The van der Waals surface area contributed by atoms with Gasteiger partial charge in [-0.1, -0.05) is 54.1 Å². The molecule has 5 rings (SSSR count). The summed E-state index contributed by atoms with van der Waals surface area (Å²) in [5.41, 5.74) is 1.66. The molecule has 0 amide bonds. The van der Waals surface area contributed by atoms with Crippen molar-refractivity contribution in [3.05, 3.63) is 70.7 Å². The second-order valence-electron chi connectivity index (χ2n) is 8.54. The van der Waals surface area contributed by atoms with Crippen molar-refractivity contribution in [3.8, 4) is 0 Å². The second kappa shape index (κ2) is 8.29. The third kappa shape index (κ3) is 4.39. The van der Waals surface area contributed by atoms with Gasteiger partial charge in [-0.2, -0.15) is 0 Å². The van der Waals surface area contributed by atoms with Crippen LogP contribution >= 0.6 is 11.6 Å². The first-order valence-electron chi connectivity index (χ1n) is 10.3. The zero-order valence-electron chi connectivity index (χ0n) is 16.7. The number of halogens is 1. The summed E-state index contributed by atoms with van der Waals surface area (Å²) in [6.07, 6.45) is 2.15. The maximum atomic E-state index is 12.9. The van der Waals surface area contributed by atoms with E-state index >= 15 is 0 Å². The fraction of sp³-hybridized carbons (Fsp3) is 0.417. The highest BCUT2D eigenvalue weighted by Gasteiger charge is 2.52. The quantitative estimate of drug-likeness (QED) is 0.403. The predicted molar refractivity (Wildman–Crippen MR) is 113 cm³/mol. The Kier molecular flexibility index (Phi) is 5.75. The summed E-state index contributed by atoms with van der Waals surface area (Å²) in [5, 5.41) is 0.656. The number of esters is 1. The smallest absolute Gasteiger partial charge is 0.310 e. The first-order valence-corrected chi connectivity index (χ1v) is 10.7. The lowest BCUT2D eigenvalue weighted by Gasteiger charge is -2.55. The highest BCUT2D eigenvalue weighted by Crippen LogP contribution is 2.40. The lowest BCUT2D eigenvalue weighted by atomic mass is 9.78. The van der Waals surface area contributed by atoms with Crippen molar-refractivity contribution in [2.45, 2.75) is 38.3 Å². The van der Waals surface area contributed by atoms with Gasteiger partial charge in [0, 0.05) is 29.3 Å². The van der Waals surface area contributed by atoms with E-state index in [2.05, 4.69) is 6.92 Å².